The number of allylic oxidation sites excluding steroid dienone is 2. The normalized spacial score (nSPS) is 17.0. The summed E-state index contributed by atoms with van der Waals surface area (Å²) in [6.45, 7) is 7.65. The highest BCUT2D eigenvalue weighted by Gasteiger charge is 2.38. The van der Waals surface area contributed by atoms with Crippen LogP contribution in [0.4, 0.5) is 0 Å². The van der Waals surface area contributed by atoms with Crippen LogP contribution in [0.1, 0.15) is 39.2 Å². The number of esters is 2. The Morgan fingerprint density at radius 3 is 2.15 bits per heavy atom. The van der Waals surface area contributed by atoms with Crippen LogP contribution >= 0.6 is 0 Å². The zero-order valence-electron chi connectivity index (χ0n) is 16.5. The second kappa shape index (κ2) is 9.37. The number of carbonyl (C=O) groups is 2. The molecule has 1 aliphatic heterocycles. The summed E-state index contributed by atoms with van der Waals surface area (Å²) in [6.07, 6.45) is -0.265. The van der Waals surface area contributed by atoms with Gasteiger partial charge in [0.1, 0.15) is 6.61 Å². The summed E-state index contributed by atoms with van der Waals surface area (Å²) in [5.41, 5.74) is 2.97. The molecular weight excluding hydrogens is 346 g/mol. The van der Waals surface area contributed by atoms with Crippen LogP contribution in [0.2, 0.25) is 0 Å². The smallest absolute Gasteiger partial charge is 0.337 e. The van der Waals surface area contributed by atoms with Crippen molar-refractivity contribution in [1.29, 1.82) is 0 Å². The number of dihydropyridines is 1. The van der Waals surface area contributed by atoms with Gasteiger partial charge in [0, 0.05) is 18.5 Å². The summed E-state index contributed by atoms with van der Waals surface area (Å²) in [5.74, 6) is -1.49. The van der Waals surface area contributed by atoms with Crippen molar-refractivity contribution in [1.82, 2.24) is 5.32 Å². The maximum absolute atomic E-state index is 12.8. The van der Waals surface area contributed by atoms with Crippen LogP contribution in [0.3, 0.4) is 0 Å². The molecular formula is C21H27NO5. The Labute approximate surface area is 160 Å². The second-order valence-electron chi connectivity index (χ2n) is 6.63. The summed E-state index contributed by atoms with van der Waals surface area (Å²) < 4.78 is 15.7. The standard InChI is InChI=1S/C21H27NO5/c1-13(2)27-21(24)18-15(4)22-14(3)17(20(23)26-12-11-25-5)19(18)16-9-7-6-8-10-16/h6-10,13,19,22H,11-12H2,1-5H3. The van der Waals surface area contributed by atoms with Gasteiger partial charge >= 0.3 is 11.9 Å². The quantitative estimate of drug-likeness (QED) is 0.585. The molecule has 0 bridgehead atoms. The largest absolute Gasteiger partial charge is 0.460 e. The number of hydrogen-bond acceptors (Lipinski definition) is 6. The molecule has 1 N–H and O–H groups in total. The SMILES string of the molecule is COCCOC(=O)C1=C(C)NC(C)=C(C(=O)OC(C)C)C1c1ccccc1. The van der Waals surface area contributed by atoms with Gasteiger partial charge in [0.2, 0.25) is 0 Å². The summed E-state index contributed by atoms with van der Waals surface area (Å²) in [4.78, 5) is 25.6. The summed E-state index contributed by atoms with van der Waals surface area (Å²) >= 11 is 0. The number of hydrogen-bond donors (Lipinski definition) is 1. The molecule has 146 valence electrons. The van der Waals surface area contributed by atoms with Gasteiger partial charge in [-0.1, -0.05) is 30.3 Å². The molecule has 2 rings (SSSR count). The van der Waals surface area contributed by atoms with Crippen molar-refractivity contribution in [3.8, 4) is 0 Å². The van der Waals surface area contributed by atoms with Gasteiger partial charge in [-0.05, 0) is 33.3 Å². The highest BCUT2D eigenvalue weighted by Crippen LogP contribution is 2.39. The monoisotopic (exact) mass is 373 g/mol. The highest BCUT2D eigenvalue weighted by atomic mass is 16.6. The lowest BCUT2D eigenvalue weighted by atomic mass is 9.80. The van der Waals surface area contributed by atoms with E-state index in [1.807, 2.05) is 37.3 Å². The van der Waals surface area contributed by atoms with Gasteiger partial charge in [0.25, 0.3) is 0 Å². The Morgan fingerprint density at radius 2 is 1.59 bits per heavy atom. The molecule has 1 aromatic rings. The molecule has 0 fully saturated rings. The van der Waals surface area contributed by atoms with Crippen molar-refractivity contribution in [3.63, 3.8) is 0 Å². The summed E-state index contributed by atoms with van der Waals surface area (Å²) in [7, 11) is 1.54. The first kappa shape index (κ1) is 20.7. The molecule has 0 aliphatic carbocycles. The molecule has 6 nitrogen and oxygen atoms in total. The Balaban J connectivity index is 2.49. The fraction of sp³-hybridized carbons (Fsp3) is 0.429. The van der Waals surface area contributed by atoms with E-state index in [-0.39, 0.29) is 12.7 Å². The molecule has 0 aromatic heterocycles. The third-order valence-electron chi connectivity index (χ3n) is 4.20. The van der Waals surface area contributed by atoms with Crippen molar-refractivity contribution in [2.45, 2.75) is 39.7 Å². The molecule has 0 spiro atoms. The van der Waals surface area contributed by atoms with Crippen LogP contribution in [0, 0.1) is 0 Å². The van der Waals surface area contributed by atoms with Crippen molar-refractivity contribution < 1.29 is 23.8 Å². The van der Waals surface area contributed by atoms with Gasteiger partial charge in [-0.15, -0.1) is 0 Å². The van der Waals surface area contributed by atoms with E-state index >= 15 is 0 Å². The fourth-order valence-electron chi connectivity index (χ4n) is 3.09. The third-order valence-corrected chi connectivity index (χ3v) is 4.20. The van der Waals surface area contributed by atoms with E-state index in [0.29, 0.717) is 29.1 Å². The predicted octanol–water partition coefficient (Wildman–Crippen LogP) is 3.06. The van der Waals surface area contributed by atoms with E-state index in [9.17, 15) is 9.59 Å². The van der Waals surface area contributed by atoms with Crippen molar-refractivity contribution in [3.05, 3.63) is 58.4 Å². The summed E-state index contributed by atoms with van der Waals surface area (Å²) in [6, 6.07) is 9.42. The number of ether oxygens (including phenoxy) is 3. The fourth-order valence-corrected chi connectivity index (χ4v) is 3.09. The minimum Gasteiger partial charge on any atom is -0.460 e. The van der Waals surface area contributed by atoms with Gasteiger partial charge in [-0.25, -0.2) is 9.59 Å². The van der Waals surface area contributed by atoms with Crippen LogP contribution in [-0.2, 0) is 23.8 Å². The minimum absolute atomic E-state index is 0.141. The third kappa shape index (κ3) is 4.98. The molecule has 1 aliphatic rings. The van der Waals surface area contributed by atoms with Crippen LogP contribution < -0.4 is 5.32 Å². The van der Waals surface area contributed by atoms with E-state index in [1.165, 1.54) is 0 Å². The van der Waals surface area contributed by atoms with Gasteiger partial charge < -0.3 is 19.5 Å². The van der Waals surface area contributed by atoms with Gasteiger partial charge in [-0.2, -0.15) is 0 Å². The molecule has 0 saturated heterocycles. The first-order chi connectivity index (χ1) is 12.9. The molecule has 27 heavy (non-hydrogen) atoms. The Morgan fingerprint density at radius 1 is 1.00 bits per heavy atom. The second-order valence-corrected chi connectivity index (χ2v) is 6.63. The van der Waals surface area contributed by atoms with E-state index in [1.54, 1.807) is 27.9 Å². The van der Waals surface area contributed by atoms with E-state index < -0.39 is 17.9 Å². The number of benzene rings is 1. The topological polar surface area (TPSA) is 73.9 Å². The number of rotatable bonds is 7. The maximum Gasteiger partial charge on any atom is 0.337 e. The highest BCUT2D eigenvalue weighted by molar-refractivity contribution is 5.99. The number of methoxy groups -OCH3 is 1. The lowest BCUT2D eigenvalue weighted by molar-refractivity contribution is -0.143. The molecule has 6 heteroatoms. The van der Waals surface area contributed by atoms with Gasteiger partial charge in [0.05, 0.1) is 29.8 Å². The molecule has 0 radical (unpaired) electrons. The van der Waals surface area contributed by atoms with E-state index in [2.05, 4.69) is 5.32 Å². The Bertz CT molecular complexity index is 749. The van der Waals surface area contributed by atoms with Crippen molar-refractivity contribution >= 4 is 11.9 Å². The molecule has 1 aromatic carbocycles. The molecule has 1 unspecified atom stereocenters. The van der Waals surface area contributed by atoms with Crippen LogP contribution in [0.15, 0.2) is 52.9 Å². The molecule has 1 heterocycles. The van der Waals surface area contributed by atoms with Crippen LogP contribution in [0.5, 0.6) is 0 Å². The van der Waals surface area contributed by atoms with Crippen LogP contribution in [0.25, 0.3) is 0 Å². The average Bonchev–Trinajstić information content (AvgIpc) is 2.61. The summed E-state index contributed by atoms with van der Waals surface area (Å²) in [5, 5.41) is 3.13. The van der Waals surface area contributed by atoms with Crippen molar-refractivity contribution in [2.24, 2.45) is 0 Å². The van der Waals surface area contributed by atoms with Crippen molar-refractivity contribution in [2.75, 3.05) is 20.3 Å². The average molecular weight is 373 g/mol. The molecule has 0 saturated carbocycles. The van der Waals surface area contributed by atoms with E-state index in [0.717, 1.165) is 5.56 Å². The van der Waals surface area contributed by atoms with Gasteiger partial charge in [0.15, 0.2) is 0 Å². The Hall–Kier alpha value is -2.60. The van der Waals surface area contributed by atoms with Crippen LogP contribution in [-0.4, -0.2) is 38.4 Å². The first-order valence-electron chi connectivity index (χ1n) is 8.97. The molecule has 0 amide bonds. The lowest BCUT2D eigenvalue weighted by Crippen LogP contribution is -2.33. The predicted molar refractivity (Wildman–Crippen MR) is 102 cm³/mol. The van der Waals surface area contributed by atoms with E-state index in [4.69, 9.17) is 14.2 Å². The molecule has 1 atom stereocenters. The zero-order valence-corrected chi connectivity index (χ0v) is 16.5. The van der Waals surface area contributed by atoms with Gasteiger partial charge in [-0.3, -0.25) is 0 Å². The maximum atomic E-state index is 12.8. The Kier molecular flexibility index (Phi) is 7.19. The minimum atomic E-state index is -0.561. The zero-order chi connectivity index (χ0) is 20.0. The first-order valence-corrected chi connectivity index (χ1v) is 8.97. The number of carbonyl (C=O) groups excluding carboxylic acids is 2. The number of nitrogens with one attached hydrogen (secondary N) is 1. The lowest BCUT2D eigenvalue weighted by Gasteiger charge is -2.30.